The Bertz CT molecular complexity index is 201. The third-order valence-corrected chi connectivity index (χ3v) is 4.58. The topological polar surface area (TPSA) is 23.5 Å². The number of hydrogen-bond donors (Lipinski definition) is 1. The van der Waals surface area contributed by atoms with Crippen LogP contribution < -0.4 is 0 Å². The van der Waals surface area contributed by atoms with Gasteiger partial charge in [-0.3, -0.25) is 0 Å². The minimum absolute atomic E-state index is 0.394. The third kappa shape index (κ3) is 2.98. The van der Waals surface area contributed by atoms with Gasteiger partial charge in [-0.15, -0.1) is 0 Å². The summed E-state index contributed by atoms with van der Waals surface area (Å²) in [7, 11) is 0. The van der Waals surface area contributed by atoms with Crippen LogP contribution in [0.15, 0.2) is 0 Å². The molecular formula is C14H27NO. The van der Waals surface area contributed by atoms with E-state index in [0.717, 1.165) is 17.9 Å². The Kier molecular flexibility index (Phi) is 4.26. The first-order valence-corrected chi connectivity index (χ1v) is 7.04. The Labute approximate surface area is 100 Å². The van der Waals surface area contributed by atoms with Gasteiger partial charge in [-0.1, -0.05) is 13.8 Å². The van der Waals surface area contributed by atoms with Crippen LogP contribution in [0.2, 0.25) is 0 Å². The summed E-state index contributed by atoms with van der Waals surface area (Å²) in [4.78, 5) is 2.69. The molecule has 16 heavy (non-hydrogen) atoms. The minimum atomic E-state index is 0.394. The quantitative estimate of drug-likeness (QED) is 0.780. The average molecular weight is 225 g/mol. The van der Waals surface area contributed by atoms with Crippen LogP contribution in [0, 0.1) is 17.8 Å². The summed E-state index contributed by atoms with van der Waals surface area (Å²) in [6, 6.07) is 0.832. The Hall–Kier alpha value is -0.0800. The van der Waals surface area contributed by atoms with Crippen LogP contribution in [-0.4, -0.2) is 35.7 Å². The van der Waals surface area contributed by atoms with Gasteiger partial charge in [0.15, 0.2) is 0 Å². The van der Waals surface area contributed by atoms with Crippen LogP contribution in [0.3, 0.4) is 0 Å². The van der Waals surface area contributed by atoms with E-state index in [1.165, 1.54) is 45.2 Å². The molecule has 0 aromatic heterocycles. The lowest BCUT2D eigenvalue weighted by Crippen LogP contribution is -2.45. The predicted molar refractivity (Wildman–Crippen MR) is 67.3 cm³/mol. The van der Waals surface area contributed by atoms with E-state index >= 15 is 0 Å². The van der Waals surface area contributed by atoms with Crippen LogP contribution in [-0.2, 0) is 0 Å². The second kappa shape index (κ2) is 5.50. The molecule has 94 valence electrons. The van der Waals surface area contributed by atoms with Gasteiger partial charge >= 0.3 is 0 Å². The zero-order chi connectivity index (χ0) is 11.5. The van der Waals surface area contributed by atoms with Gasteiger partial charge in [0.2, 0.25) is 0 Å². The number of hydrogen-bond acceptors (Lipinski definition) is 2. The van der Waals surface area contributed by atoms with E-state index in [1.807, 2.05) is 0 Å². The number of nitrogens with zero attached hydrogens (tertiary/aromatic N) is 1. The highest BCUT2D eigenvalue weighted by molar-refractivity contribution is 4.84. The van der Waals surface area contributed by atoms with Gasteiger partial charge in [0.25, 0.3) is 0 Å². The molecule has 0 radical (unpaired) electrons. The maximum absolute atomic E-state index is 9.15. The van der Waals surface area contributed by atoms with Gasteiger partial charge in [0.05, 0.1) is 0 Å². The van der Waals surface area contributed by atoms with Crippen molar-refractivity contribution in [2.75, 3.05) is 19.7 Å². The van der Waals surface area contributed by atoms with Crippen molar-refractivity contribution in [2.45, 2.75) is 52.0 Å². The Balaban J connectivity index is 1.83. The van der Waals surface area contributed by atoms with Crippen molar-refractivity contribution >= 4 is 0 Å². The monoisotopic (exact) mass is 225 g/mol. The van der Waals surface area contributed by atoms with Crippen molar-refractivity contribution in [2.24, 2.45) is 17.8 Å². The van der Waals surface area contributed by atoms with Gasteiger partial charge in [-0.2, -0.15) is 0 Å². The fourth-order valence-electron chi connectivity index (χ4n) is 3.70. The van der Waals surface area contributed by atoms with E-state index in [2.05, 4.69) is 18.7 Å². The molecule has 1 aliphatic carbocycles. The Morgan fingerprint density at radius 3 is 2.06 bits per heavy atom. The predicted octanol–water partition coefficient (Wildman–Crippen LogP) is 2.52. The minimum Gasteiger partial charge on any atom is -0.396 e. The summed E-state index contributed by atoms with van der Waals surface area (Å²) in [6.07, 6.45) is 6.62. The van der Waals surface area contributed by atoms with Crippen LogP contribution in [0.25, 0.3) is 0 Å². The van der Waals surface area contributed by atoms with Crippen molar-refractivity contribution in [3.05, 3.63) is 0 Å². The van der Waals surface area contributed by atoms with Crippen molar-refractivity contribution in [1.29, 1.82) is 0 Å². The van der Waals surface area contributed by atoms with Gasteiger partial charge in [-0.05, 0) is 62.9 Å². The van der Waals surface area contributed by atoms with Crippen LogP contribution >= 0.6 is 0 Å². The number of aliphatic hydroxyl groups is 1. The lowest BCUT2D eigenvalue weighted by Gasteiger charge is -2.42. The second-order valence-electron chi connectivity index (χ2n) is 6.23. The van der Waals surface area contributed by atoms with Gasteiger partial charge < -0.3 is 10.0 Å². The number of aliphatic hydroxyl groups excluding tert-OH is 1. The molecule has 1 saturated carbocycles. The summed E-state index contributed by atoms with van der Waals surface area (Å²) in [5.74, 6) is 2.39. The highest BCUT2D eigenvalue weighted by Gasteiger charge is 2.30. The number of rotatable bonds is 2. The first kappa shape index (κ1) is 12.4. The normalized spacial score (nSPS) is 38.8. The molecule has 2 fully saturated rings. The number of piperidine rings is 1. The van der Waals surface area contributed by atoms with Crippen LogP contribution in [0.5, 0.6) is 0 Å². The first-order valence-electron chi connectivity index (χ1n) is 7.04. The molecular weight excluding hydrogens is 198 g/mol. The standard InChI is InChI=1S/C14H27NO/c1-11-7-12(2)9-14(8-11)15-5-3-13(10-16)4-6-15/h11-14,16H,3-10H2,1-2H3. The van der Waals surface area contributed by atoms with Crippen LogP contribution in [0.1, 0.15) is 46.0 Å². The molecule has 1 aliphatic heterocycles. The number of likely N-dealkylation sites (tertiary alicyclic amines) is 1. The molecule has 2 atom stereocenters. The fourth-order valence-corrected chi connectivity index (χ4v) is 3.70. The SMILES string of the molecule is CC1CC(C)CC(N2CCC(CO)CC2)C1. The summed E-state index contributed by atoms with van der Waals surface area (Å²) < 4.78 is 0. The molecule has 0 amide bonds. The van der Waals surface area contributed by atoms with Crippen LogP contribution in [0.4, 0.5) is 0 Å². The molecule has 2 unspecified atom stereocenters. The summed E-state index contributed by atoms with van der Waals surface area (Å²) in [5.41, 5.74) is 0. The summed E-state index contributed by atoms with van der Waals surface area (Å²) in [6.45, 7) is 7.64. The lowest BCUT2D eigenvalue weighted by molar-refractivity contribution is 0.0612. The van der Waals surface area contributed by atoms with E-state index in [9.17, 15) is 0 Å². The van der Waals surface area contributed by atoms with E-state index < -0.39 is 0 Å². The van der Waals surface area contributed by atoms with E-state index in [-0.39, 0.29) is 0 Å². The highest BCUT2D eigenvalue weighted by atomic mass is 16.3. The fraction of sp³-hybridized carbons (Fsp3) is 1.00. The molecule has 0 aromatic rings. The molecule has 2 aliphatic rings. The van der Waals surface area contributed by atoms with E-state index in [4.69, 9.17) is 5.11 Å². The maximum atomic E-state index is 9.15. The molecule has 2 rings (SSSR count). The molecule has 0 aromatic carbocycles. The van der Waals surface area contributed by atoms with Gasteiger partial charge in [0, 0.05) is 12.6 Å². The van der Waals surface area contributed by atoms with E-state index in [0.29, 0.717) is 12.5 Å². The zero-order valence-corrected chi connectivity index (χ0v) is 10.9. The average Bonchev–Trinajstić information content (AvgIpc) is 2.28. The molecule has 1 saturated heterocycles. The van der Waals surface area contributed by atoms with Gasteiger partial charge in [-0.25, -0.2) is 0 Å². The van der Waals surface area contributed by atoms with Crippen molar-refractivity contribution in [1.82, 2.24) is 4.90 Å². The molecule has 2 nitrogen and oxygen atoms in total. The van der Waals surface area contributed by atoms with Crippen molar-refractivity contribution in [3.8, 4) is 0 Å². The molecule has 0 bridgehead atoms. The summed E-state index contributed by atoms with van der Waals surface area (Å²) >= 11 is 0. The van der Waals surface area contributed by atoms with Crippen molar-refractivity contribution < 1.29 is 5.11 Å². The Morgan fingerprint density at radius 2 is 1.56 bits per heavy atom. The van der Waals surface area contributed by atoms with Gasteiger partial charge in [0.1, 0.15) is 0 Å². The second-order valence-corrected chi connectivity index (χ2v) is 6.23. The molecule has 0 spiro atoms. The summed E-state index contributed by atoms with van der Waals surface area (Å²) in [5, 5.41) is 9.15. The largest absolute Gasteiger partial charge is 0.396 e. The first-order chi connectivity index (χ1) is 7.69. The highest BCUT2D eigenvalue weighted by Crippen LogP contribution is 2.33. The van der Waals surface area contributed by atoms with Crippen molar-refractivity contribution in [3.63, 3.8) is 0 Å². The molecule has 1 heterocycles. The Morgan fingerprint density at radius 1 is 1.00 bits per heavy atom. The molecule has 2 heteroatoms. The molecule has 1 N–H and O–H groups in total. The zero-order valence-electron chi connectivity index (χ0n) is 10.9. The lowest BCUT2D eigenvalue weighted by atomic mass is 9.79. The smallest absolute Gasteiger partial charge is 0.0460 e. The maximum Gasteiger partial charge on any atom is 0.0460 e. The third-order valence-electron chi connectivity index (χ3n) is 4.58. The van der Waals surface area contributed by atoms with E-state index in [1.54, 1.807) is 0 Å².